The van der Waals surface area contributed by atoms with Crippen molar-refractivity contribution in [2.75, 3.05) is 7.11 Å². The van der Waals surface area contributed by atoms with Crippen LogP contribution in [-0.2, 0) is 0 Å². The third-order valence-electron chi connectivity index (χ3n) is 3.13. The number of methoxy groups -OCH3 is 1. The van der Waals surface area contributed by atoms with Gasteiger partial charge in [-0.15, -0.1) is 11.3 Å². The second-order valence-electron chi connectivity index (χ2n) is 4.55. The maximum atomic E-state index is 5.18. The predicted octanol–water partition coefficient (Wildman–Crippen LogP) is 4.93. The lowest BCUT2D eigenvalue weighted by Crippen LogP contribution is -2.21. The summed E-state index contributed by atoms with van der Waals surface area (Å²) in [5.41, 5.74) is 1.27. The predicted molar refractivity (Wildman–Crippen MR) is 85.0 cm³/mol. The maximum Gasteiger partial charge on any atom is 0.118 e. The SMILES string of the molecule is COc1ccc([C@H](C)NC(C)c2cc(Br)cs2)cc1. The molecule has 0 aliphatic rings. The Bertz CT molecular complexity index is 523. The van der Waals surface area contributed by atoms with E-state index in [-0.39, 0.29) is 0 Å². The summed E-state index contributed by atoms with van der Waals surface area (Å²) >= 11 is 5.27. The molecule has 0 saturated carbocycles. The number of halogens is 1. The summed E-state index contributed by atoms with van der Waals surface area (Å²) in [4.78, 5) is 1.34. The molecule has 4 heteroatoms. The molecule has 1 heterocycles. The zero-order chi connectivity index (χ0) is 13.8. The van der Waals surface area contributed by atoms with Crippen molar-refractivity contribution in [3.05, 3.63) is 50.6 Å². The van der Waals surface area contributed by atoms with E-state index in [2.05, 4.69) is 58.7 Å². The fourth-order valence-electron chi connectivity index (χ4n) is 2.00. The standard InChI is InChI=1S/C15H18BrNOS/c1-10(12-4-6-14(18-3)7-5-12)17-11(2)15-8-13(16)9-19-15/h4-11,17H,1-3H3/t10-,11?/m0/s1. The van der Waals surface area contributed by atoms with Gasteiger partial charge in [-0.2, -0.15) is 0 Å². The van der Waals surface area contributed by atoms with E-state index in [0.29, 0.717) is 12.1 Å². The Morgan fingerprint density at radius 1 is 1.16 bits per heavy atom. The first kappa shape index (κ1) is 14.6. The van der Waals surface area contributed by atoms with E-state index in [9.17, 15) is 0 Å². The highest BCUT2D eigenvalue weighted by Gasteiger charge is 2.12. The summed E-state index contributed by atoms with van der Waals surface area (Å²) in [6.45, 7) is 4.37. The van der Waals surface area contributed by atoms with Crippen LogP contribution in [0, 0.1) is 0 Å². The van der Waals surface area contributed by atoms with Crippen molar-refractivity contribution in [3.8, 4) is 5.75 Å². The molecule has 0 aliphatic carbocycles. The molecule has 102 valence electrons. The van der Waals surface area contributed by atoms with E-state index in [1.54, 1.807) is 18.4 Å². The minimum atomic E-state index is 0.307. The van der Waals surface area contributed by atoms with Gasteiger partial charge in [0.25, 0.3) is 0 Å². The number of rotatable bonds is 5. The summed E-state index contributed by atoms with van der Waals surface area (Å²) in [6.07, 6.45) is 0. The molecule has 2 rings (SSSR count). The highest BCUT2D eigenvalue weighted by atomic mass is 79.9. The maximum absolute atomic E-state index is 5.18. The van der Waals surface area contributed by atoms with Crippen LogP contribution in [0.3, 0.4) is 0 Å². The van der Waals surface area contributed by atoms with Crippen LogP contribution in [0.15, 0.2) is 40.2 Å². The quantitative estimate of drug-likeness (QED) is 0.833. The van der Waals surface area contributed by atoms with Crippen LogP contribution in [0.5, 0.6) is 5.75 Å². The summed E-state index contributed by atoms with van der Waals surface area (Å²) in [5, 5.41) is 5.73. The van der Waals surface area contributed by atoms with E-state index < -0.39 is 0 Å². The number of hydrogen-bond acceptors (Lipinski definition) is 3. The average Bonchev–Trinajstić information content (AvgIpc) is 2.85. The Balaban J connectivity index is 2.01. The molecule has 2 aromatic rings. The summed E-state index contributed by atoms with van der Waals surface area (Å²) in [7, 11) is 1.69. The first-order valence-corrected chi connectivity index (χ1v) is 7.91. The lowest BCUT2D eigenvalue weighted by molar-refractivity contribution is 0.414. The zero-order valence-electron chi connectivity index (χ0n) is 11.3. The molecule has 0 bridgehead atoms. The molecule has 1 aromatic carbocycles. The Kier molecular flexibility index (Phi) is 5.02. The van der Waals surface area contributed by atoms with Gasteiger partial charge < -0.3 is 10.1 Å². The minimum absolute atomic E-state index is 0.307. The largest absolute Gasteiger partial charge is 0.497 e. The molecule has 19 heavy (non-hydrogen) atoms. The van der Waals surface area contributed by atoms with E-state index >= 15 is 0 Å². The van der Waals surface area contributed by atoms with E-state index in [0.717, 1.165) is 10.2 Å². The normalized spacial score (nSPS) is 14.1. The Hall–Kier alpha value is -0.840. The van der Waals surface area contributed by atoms with Gasteiger partial charge in [0.05, 0.1) is 7.11 Å². The van der Waals surface area contributed by atoms with Crippen molar-refractivity contribution in [1.82, 2.24) is 5.32 Å². The molecule has 0 amide bonds. The van der Waals surface area contributed by atoms with Gasteiger partial charge in [0, 0.05) is 26.8 Å². The van der Waals surface area contributed by atoms with Crippen LogP contribution < -0.4 is 10.1 Å². The fourth-order valence-corrected chi connectivity index (χ4v) is 3.46. The highest BCUT2D eigenvalue weighted by Crippen LogP contribution is 2.27. The van der Waals surface area contributed by atoms with Crippen LogP contribution in [0.2, 0.25) is 0 Å². The number of nitrogens with one attached hydrogen (secondary N) is 1. The van der Waals surface area contributed by atoms with Gasteiger partial charge in [-0.1, -0.05) is 12.1 Å². The minimum Gasteiger partial charge on any atom is -0.497 e. The molecule has 2 nitrogen and oxygen atoms in total. The first-order valence-electron chi connectivity index (χ1n) is 6.24. The zero-order valence-corrected chi connectivity index (χ0v) is 13.7. The van der Waals surface area contributed by atoms with Gasteiger partial charge in [-0.05, 0) is 53.5 Å². The van der Waals surface area contributed by atoms with Gasteiger partial charge in [0.2, 0.25) is 0 Å². The van der Waals surface area contributed by atoms with Crippen LogP contribution in [0.1, 0.15) is 36.4 Å². The molecule has 1 unspecified atom stereocenters. The summed E-state index contributed by atoms with van der Waals surface area (Å²) in [5.74, 6) is 0.895. The van der Waals surface area contributed by atoms with Gasteiger partial charge in [0.15, 0.2) is 0 Å². The number of thiophene rings is 1. The fraction of sp³-hybridized carbons (Fsp3) is 0.333. The lowest BCUT2D eigenvalue weighted by Gasteiger charge is -2.19. The van der Waals surface area contributed by atoms with Crippen molar-refractivity contribution < 1.29 is 4.74 Å². The van der Waals surface area contributed by atoms with Crippen molar-refractivity contribution >= 4 is 27.3 Å². The molecular formula is C15H18BrNOS. The third-order valence-corrected chi connectivity index (χ3v) is 5.01. The van der Waals surface area contributed by atoms with Gasteiger partial charge in [0.1, 0.15) is 5.75 Å². The monoisotopic (exact) mass is 339 g/mol. The van der Waals surface area contributed by atoms with Crippen molar-refractivity contribution in [2.45, 2.75) is 25.9 Å². The summed E-state index contributed by atoms with van der Waals surface area (Å²) in [6, 6.07) is 11.0. The van der Waals surface area contributed by atoms with E-state index in [4.69, 9.17) is 4.74 Å². The van der Waals surface area contributed by atoms with Crippen molar-refractivity contribution in [3.63, 3.8) is 0 Å². The lowest BCUT2D eigenvalue weighted by atomic mass is 10.1. The Morgan fingerprint density at radius 3 is 2.37 bits per heavy atom. The molecular weight excluding hydrogens is 322 g/mol. The van der Waals surface area contributed by atoms with Gasteiger partial charge >= 0.3 is 0 Å². The second-order valence-corrected chi connectivity index (χ2v) is 6.41. The smallest absolute Gasteiger partial charge is 0.118 e. The van der Waals surface area contributed by atoms with Gasteiger partial charge in [-0.25, -0.2) is 0 Å². The second kappa shape index (κ2) is 6.55. The van der Waals surface area contributed by atoms with Crippen LogP contribution >= 0.6 is 27.3 Å². The molecule has 0 fully saturated rings. The Morgan fingerprint density at radius 2 is 1.84 bits per heavy atom. The van der Waals surface area contributed by atoms with E-state index in [1.165, 1.54) is 10.4 Å². The number of ether oxygens (including phenoxy) is 1. The van der Waals surface area contributed by atoms with Crippen LogP contribution in [-0.4, -0.2) is 7.11 Å². The van der Waals surface area contributed by atoms with Gasteiger partial charge in [-0.3, -0.25) is 0 Å². The molecule has 0 spiro atoms. The molecule has 2 atom stereocenters. The van der Waals surface area contributed by atoms with Crippen LogP contribution in [0.25, 0.3) is 0 Å². The Labute approximate surface area is 126 Å². The molecule has 1 aromatic heterocycles. The molecule has 1 N–H and O–H groups in total. The summed E-state index contributed by atoms with van der Waals surface area (Å²) < 4.78 is 6.33. The topological polar surface area (TPSA) is 21.3 Å². The molecule has 0 saturated heterocycles. The number of hydrogen-bond donors (Lipinski definition) is 1. The van der Waals surface area contributed by atoms with Crippen LogP contribution in [0.4, 0.5) is 0 Å². The molecule has 0 radical (unpaired) electrons. The number of benzene rings is 1. The van der Waals surface area contributed by atoms with Crippen molar-refractivity contribution in [2.24, 2.45) is 0 Å². The van der Waals surface area contributed by atoms with Crippen molar-refractivity contribution in [1.29, 1.82) is 0 Å². The van der Waals surface area contributed by atoms with E-state index in [1.807, 2.05) is 12.1 Å². The first-order chi connectivity index (χ1) is 9.10. The average molecular weight is 340 g/mol. The highest BCUT2D eigenvalue weighted by molar-refractivity contribution is 9.10. The third kappa shape index (κ3) is 3.81. The molecule has 0 aliphatic heterocycles.